The normalized spacial score (nSPS) is 14.2. The minimum Gasteiger partial charge on any atom is -0.486 e. The molecule has 1 aliphatic heterocycles. The van der Waals surface area contributed by atoms with E-state index in [0.717, 1.165) is 5.56 Å². The van der Waals surface area contributed by atoms with Gasteiger partial charge in [0.05, 0.1) is 0 Å². The van der Waals surface area contributed by atoms with Crippen molar-refractivity contribution in [1.82, 2.24) is 0 Å². The number of fused-ring (bicyclic) bond motifs is 2. The minimum absolute atomic E-state index is 0.232. The molecule has 0 amide bonds. The van der Waals surface area contributed by atoms with E-state index in [1.165, 1.54) is 18.2 Å². The van der Waals surface area contributed by atoms with Crippen LogP contribution in [0, 0.1) is 5.82 Å². The molecule has 1 aliphatic rings. The lowest BCUT2D eigenvalue weighted by Crippen LogP contribution is -2.15. The van der Waals surface area contributed by atoms with Crippen LogP contribution in [-0.2, 0) is 0 Å². The third-order valence-corrected chi connectivity index (χ3v) is 3.64. The molecule has 0 radical (unpaired) electrons. The van der Waals surface area contributed by atoms with E-state index in [2.05, 4.69) is 5.16 Å². The minimum atomic E-state index is -0.426. The third-order valence-electron chi connectivity index (χ3n) is 3.64. The van der Waals surface area contributed by atoms with E-state index in [4.69, 9.17) is 13.9 Å². The van der Waals surface area contributed by atoms with Crippen molar-refractivity contribution < 1.29 is 23.5 Å². The molecule has 0 saturated heterocycles. The van der Waals surface area contributed by atoms with Crippen molar-refractivity contribution in [2.75, 3.05) is 13.2 Å². The summed E-state index contributed by atoms with van der Waals surface area (Å²) < 4.78 is 30.2. The molecule has 2 heterocycles. The zero-order valence-electron chi connectivity index (χ0n) is 12.0. The zero-order chi connectivity index (χ0) is 15.8. The molecule has 0 spiro atoms. The molecule has 0 atom stereocenters. The van der Waals surface area contributed by atoms with Gasteiger partial charge in [0.2, 0.25) is 0 Å². The summed E-state index contributed by atoms with van der Waals surface area (Å²) in [5.74, 6) is 1.36. The molecule has 1 N–H and O–H groups in total. The Labute approximate surface area is 130 Å². The fourth-order valence-corrected chi connectivity index (χ4v) is 2.56. The predicted octanol–water partition coefficient (Wildman–Crippen LogP) is 3.30. The molecule has 0 aliphatic carbocycles. The summed E-state index contributed by atoms with van der Waals surface area (Å²) in [6.07, 6.45) is 0. The average molecular weight is 313 g/mol. The molecule has 3 aromatic rings. The fourth-order valence-electron chi connectivity index (χ4n) is 2.56. The molecule has 4 rings (SSSR count). The van der Waals surface area contributed by atoms with Crippen LogP contribution in [0.25, 0.3) is 22.3 Å². The van der Waals surface area contributed by atoms with Crippen LogP contribution in [0.2, 0.25) is 0 Å². The van der Waals surface area contributed by atoms with Gasteiger partial charge >= 0.3 is 0 Å². The van der Waals surface area contributed by atoms with Crippen molar-refractivity contribution in [2.45, 2.75) is 0 Å². The molecule has 0 fully saturated rings. The highest BCUT2D eigenvalue weighted by atomic mass is 19.1. The lowest BCUT2D eigenvalue weighted by molar-refractivity contribution is 0.171. The lowest BCUT2D eigenvalue weighted by atomic mass is 10.1. The summed E-state index contributed by atoms with van der Waals surface area (Å²) in [5.41, 5.74) is 1.16. The van der Waals surface area contributed by atoms with Crippen LogP contribution in [0.3, 0.4) is 0 Å². The van der Waals surface area contributed by atoms with Gasteiger partial charge in [-0.1, -0.05) is 5.16 Å². The number of hydrogen-bond acceptors (Lipinski definition) is 5. The molecule has 0 saturated carbocycles. The Bertz CT molecular complexity index is 964. The van der Waals surface area contributed by atoms with Gasteiger partial charge in [-0.3, -0.25) is 0 Å². The number of halogens is 1. The van der Waals surface area contributed by atoms with Crippen molar-refractivity contribution in [2.24, 2.45) is 5.16 Å². The topological polar surface area (TPSA) is 64.2 Å². The van der Waals surface area contributed by atoms with Gasteiger partial charge in [0.25, 0.3) is 0 Å². The monoisotopic (exact) mass is 313 g/mol. The molecule has 1 aromatic heterocycles. The van der Waals surface area contributed by atoms with Crippen LogP contribution in [0.1, 0.15) is 0 Å². The van der Waals surface area contributed by atoms with E-state index in [-0.39, 0.29) is 5.36 Å². The van der Waals surface area contributed by atoms with E-state index in [1.807, 2.05) is 6.07 Å². The highest BCUT2D eigenvalue weighted by molar-refractivity contribution is 5.78. The summed E-state index contributed by atoms with van der Waals surface area (Å²) in [4.78, 5) is 0. The van der Waals surface area contributed by atoms with Gasteiger partial charge < -0.3 is 19.1 Å². The van der Waals surface area contributed by atoms with Crippen LogP contribution in [0.15, 0.2) is 52.0 Å². The highest BCUT2D eigenvalue weighted by Gasteiger charge is 2.14. The van der Waals surface area contributed by atoms with Crippen LogP contribution in [0.4, 0.5) is 4.39 Å². The molecule has 6 heteroatoms. The number of rotatable bonds is 1. The van der Waals surface area contributed by atoms with E-state index in [1.54, 1.807) is 18.2 Å². The van der Waals surface area contributed by atoms with Crippen LogP contribution < -0.4 is 14.8 Å². The van der Waals surface area contributed by atoms with Gasteiger partial charge in [-0.15, -0.1) is 0 Å². The number of benzene rings is 2. The van der Waals surface area contributed by atoms with E-state index in [0.29, 0.717) is 41.4 Å². The Morgan fingerprint density at radius 3 is 2.61 bits per heavy atom. The lowest BCUT2D eigenvalue weighted by Gasteiger charge is -2.18. The first-order chi connectivity index (χ1) is 11.2. The molecule has 23 heavy (non-hydrogen) atoms. The summed E-state index contributed by atoms with van der Waals surface area (Å²) in [6.45, 7) is 1.01. The second kappa shape index (κ2) is 5.31. The summed E-state index contributed by atoms with van der Waals surface area (Å²) >= 11 is 0. The molecule has 2 aromatic carbocycles. The molecule has 116 valence electrons. The quantitative estimate of drug-likeness (QED) is 0.553. The maximum atomic E-state index is 13.4. The number of hydrogen-bond donors (Lipinski definition) is 1. The van der Waals surface area contributed by atoms with Crippen molar-refractivity contribution in [3.05, 3.63) is 53.6 Å². The number of nitrogens with zero attached hydrogens (tertiary/aromatic N) is 1. The predicted molar refractivity (Wildman–Crippen MR) is 79.9 cm³/mol. The van der Waals surface area contributed by atoms with E-state index < -0.39 is 5.82 Å². The SMILES string of the molecule is O/N=c1\cc(-c2ccc3c(c2)OCCO3)oc2ccc(F)cc12. The Morgan fingerprint density at radius 1 is 0.957 bits per heavy atom. The average Bonchev–Trinajstić information content (AvgIpc) is 2.60. The smallest absolute Gasteiger partial charge is 0.162 e. The van der Waals surface area contributed by atoms with Crippen molar-refractivity contribution in [3.8, 4) is 22.8 Å². The van der Waals surface area contributed by atoms with Gasteiger partial charge in [0.15, 0.2) is 11.5 Å². The van der Waals surface area contributed by atoms with Gasteiger partial charge in [0.1, 0.15) is 35.7 Å². The van der Waals surface area contributed by atoms with E-state index in [9.17, 15) is 9.60 Å². The number of ether oxygens (including phenoxy) is 2. The fraction of sp³-hybridized carbons (Fsp3) is 0.118. The summed E-state index contributed by atoms with van der Waals surface area (Å²) in [5, 5.41) is 13.1. The van der Waals surface area contributed by atoms with Crippen molar-refractivity contribution >= 4 is 11.0 Å². The zero-order valence-corrected chi connectivity index (χ0v) is 12.0. The van der Waals surface area contributed by atoms with Gasteiger partial charge in [-0.05, 0) is 36.4 Å². The second-order valence-electron chi connectivity index (χ2n) is 5.09. The third kappa shape index (κ3) is 2.38. The standard InChI is InChI=1S/C17H12FNO4/c18-11-2-4-14-12(8-11)13(19-20)9-16(23-14)10-1-3-15-17(7-10)22-6-5-21-15/h1-4,7-9,20H,5-6H2/b19-13+. The molecular weight excluding hydrogens is 301 g/mol. The maximum Gasteiger partial charge on any atom is 0.162 e. The van der Waals surface area contributed by atoms with Crippen LogP contribution in [-0.4, -0.2) is 18.4 Å². The molecule has 0 bridgehead atoms. The summed E-state index contributed by atoms with van der Waals surface area (Å²) in [6, 6.07) is 11.0. The van der Waals surface area contributed by atoms with Crippen LogP contribution >= 0.6 is 0 Å². The molecule has 5 nitrogen and oxygen atoms in total. The second-order valence-corrected chi connectivity index (χ2v) is 5.09. The Kier molecular flexibility index (Phi) is 3.15. The van der Waals surface area contributed by atoms with Gasteiger partial charge in [-0.25, -0.2) is 4.39 Å². The first-order valence-electron chi connectivity index (χ1n) is 7.06. The molecule has 0 unspecified atom stereocenters. The first kappa shape index (κ1) is 13.6. The molecular formula is C17H12FNO4. The van der Waals surface area contributed by atoms with Crippen LogP contribution in [0.5, 0.6) is 11.5 Å². The van der Waals surface area contributed by atoms with Gasteiger partial charge in [-0.2, -0.15) is 0 Å². The Balaban J connectivity index is 1.91. The Hall–Kier alpha value is -3.02. The highest BCUT2D eigenvalue weighted by Crippen LogP contribution is 2.34. The Morgan fingerprint density at radius 2 is 1.78 bits per heavy atom. The van der Waals surface area contributed by atoms with Crippen molar-refractivity contribution in [1.29, 1.82) is 0 Å². The summed E-state index contributed by atoms with van der Waals surface area (Å²) in [7, 11) is 0. The first-order valence-corrected chi connectivity index (χ1v) is 7.06. The maximum absolute atomic E-state index is 13.4. The largest absolute Gasteiger partial charge is 0.486 e. The van der Waals surface area contributed by atoms with E-state index >= 15 is 0 Å². The van der Waals surface area contributed by atoms with Crippen molar-refractivity contribution in [3.63, 3.8) is 0 Å². The van der Waals surface area contributed by atoms with Gasteiger partial charge in [0, 0.05) is 17.0 Å².